The first kappa shape index (κ1) is 15.0. The molecule has 0 aromatic heterocycles. The number of carbonyl (C=O) groups excluding carboxylic acids is 1. The Bertz CT molecular complexity index is 423. The SMILES string of the molecule is CC(C)C(C)NC(=O)COc1ccc(F)cc1Br. The predicted molar refractivity (Wildman–Crippen MR) is 72.0 cm³/mol. The van der Waals surface area contributed by atoms with E-state index < -0.39 is 0 Å². The first-order chi connectivity index (χ1) is 8.40. The lowest BCUT2D eigenvalue weighted by atomic mass is 10.1. The first-order valence-corrected chi connectivity index (χ1v) is 6.56. The van der Waals surface area contributed by atoms with Crippen LogP contribution < -0.4 is 10.1 Å². The van der Waals surface area contributed by atoms with Crippen LogP contribution in [0.5, 0.6) is 5.75 Å². The molecule has 1 aromatic rings. The number of halogens is 2. The summed E-state index contributed by atoms with van der Waals surface area (Å²) in [6, 6.07) is 4.16. The topological polar surface area (TPSA) is 38.3 Å². The Morgan fingerprint density at radius 2 is 2.11 bits per heavy atom. The van der Waals surface area contributed by atoms with E-state index >= 15 is 0 Å². The van der Waals surface area contributed by atoms with E-state index in [4.69, 9.17) is 4.74 Å². The van der Waals surface area contributed by atoms with Gasteiger partial charge in [-0.25, -0.2) is 4.39 Å². The smallest absolute Gasteiger partial charge is 0.258 e. The zero-order chi connectivity index (χ0) is 13.7. The van der Waals surface area contributed by atoms with Gasteiger partial charge in [0.05, 0.1) is 4.47 Å². The number of hydrogen-bond acceptors (Lipinski definition) is 2. The predicted octanol–water partition coefficient (Wildman–Crippen LogP) is 3.13. The lowest BCUT2D eigenvalue weighted by Gasteiger charge is -2.17. The van der Waals surface area contributed by atoms with Crippen molar-refractivity contribution in [3.63, 3.8) is 0 Å². The summed E-state index contributed by atoms with van der Waals surface area (Å²) in [5, 5.41) is 2.83. The second kappa shape index (κ2) is 6.73. The molecule has 1 atom stereocenters. The van der Waals surface area contributed by atoms with Crippen molar-refractivity contribution < 1.29 is 13.9 Å². The molecule has 0 spiro atoms. The molecule has 0 heterocycles. The van der Waals surface area contributed by atoms with Crippen molar-refractivity contribution in [2.24, 2.45) is 5.92 Å². The van der Waals surface area contributed by atoms with Crippen LogP contribution in [0.25, 0.3) is 0 Å². The van der Waals surface area contributed by atoms with Gasteiger partial charge in [0.25, 0.3) is 5.91 Å². The zero-order valence-corrected chi connectivity index (χ0v) is 12.3. The third kappa shape index (κ3) is 4.64. The van der Waals surface area contributed by atoms with Crippen LogP contribution in [0, 0.1) is 11.7 Å². The molecule has 1 aromatic carbocycles. The van der Waals surface area contributed by atoms with E-state index in [1.54, 1.807) is 0 Å². The number of carbonyl (C=O) groups is 1. The van der Waals surface area contributed by atoms with Gasteiger partial charge in [-0.2, -0.15) is 0 Å². The summed E-state index contributed by atoms with van der Waals surface area (Å²) in [7, 11) is 0. The number of nitrogens with one attached hydrogen (secondary N) is 1. The molecule has 18 heavy (non-hydrogen) atoms. The van der Waals surface area contributed by atoms with Gasteiger partial charge in [0.1, 0.15) is 11.6 Å². The fourth-order valence-corrected chi connectivity index (χ4v) is 1.66. The molecule has 1 amide bonds. The molecule has 0 aliphatic rings. The number of benzene rings is 1. The fourth-order valence-electron chi connectivity index (χ4n) is 1.20. The van der Waals surface area contributed by atoms with E-state index in [0.29, 0.717) is 16.1 Å². The minimum absolute atomic E-state index is 0.0821. The summed E-state index contributed by atoms with van der Waals surface area (Å²) in [4.78, 5) is 11.6. The molecule has 1 unspecified atom stereocenters. The molecule has 3 nitrogen and oxygen atoms in total. The van der Waals surface area contributed by atoms with Crippen molar-refractivity contribution in [2.75, 3.05) is 6.61 Å². The zero-order valence-electron chi connectivity index (χ0n) is 10.7. The van der Waals surface area contributed by atoms with Crippen LogP contribution in [0.3, 0.4) is 0 Å². The largest absolute Gasteiger partial charge is 0.483 e. The van der Waals surface area contributed by atoms with Crippen molar-refractivity contribution >= 4 is 21.8 Å². The fraction of sp³-hybridized carbons (Fsp3) is 0.462. The highest BCUT2D eigenvalue weighted by atomic mass is 79.9. The van der Waals surface area contributed by atoms with Gasteiger partial charge in [-0.05, 0) is 47.0 Å². The molecule has 0 aliphatic carbocycles. The summed E-state index contributed by atoms with van der Waals surface area (Å²) < 4.78 is 18.6. The average molecular weight is 318 g/mol. The minimum atomic E-state index is -0.355. The molecule has 0 bridgehead atoms. The third-order valence-corrected chi connectivity index (χ3v) is 3.26. The van der Waals surface area contributed by atoms with Gasteiger partial charge in [0, 0.05) is 6.04 Å². The normalized spacial score (nSPS) is 12.3. The number of ether oxygens (including phenoxy) is 1. The van der Waals surface area contributed by atoms with Crippen LogP contribution in [0.4, 0.5) is 4.39 Å². The Kier molecular flexibility index (Phi) is 5.59. The Morgan fingerprint density at radius 1 is 1.44 bits per heavy atom. The number of rotatable bonds is 5. The molecule has 0 saturated carbocycles. The lowest BCUT2D eigenvalue weighted by Crippen LogP contribution is -2.38. The van der Waals surface area contributed by atoms with Crippen LogP contribution in [0.2, 0.25) is 0 Å². The maximum absolute atomic E-state index is 12.8. The standard InChI is InChI=1S/C13H17BrFNO2/c1-8(2)9(3)16-13(17)7-18-12-5-4-10(15)6-11(12)14/h4-6,8-9H,7H2,1-3H3,(H,16,17). The molecular weight excluding hydrogens is 301 g/mol. The second-order valence-corrected chi connectivity index (χ2v) is 5.32. The van der Waals surface area contributed by atoms with Gasteiger partial charge in [-0.1, -0.05) is 13.8 Å². The molecule has 1 N–H and O–H groups in total. The maximum atomic E-state index is 12.8. The van der Waals surface area contributed by atoms with Crippen molar-refractivity contribution in [3.05, 3.63) is 28.5 Å². The Hall–Kier alpha value is -1.10. The lowest BCUT2D eigenvalue weighted by molar-refractivity contribution is -0.124. The van der Waals surface area contributed by atoms with Crippen LogP contribution in [0.1, 0.15) is 20.8 Å². The monoisotopic (exact) mass is 317 g/mol. The molecule has 100 valence electrons. The van der Waals surface area contributed by atoms with E-state index in [9.17, 15) is 9.18 Å². The summed E-state index contributed by atoms with van der Waals surface area (Å²) in [5.41, 5.74) is 0. The highest BCUT2D eigenvalue weighted by molar-refractivity contribution is 9.10. The summed E-state index contributed by atoms with van der Waals surface area (Å²) in [6.07, 6.45) is 0. The molecule has 5 heteroatoms. The summed E-state index contributed by atoms with van der Waals surface area (Å²) >= 11 is 3.17. The number of amides is 1. The van der Waals surface area contributed by atoms with Crippen molar-refractivity contribution in [1.82, 2.24) is 5.32 Å². The first-order valence-electron chi connectivity index (χ1n) is 5.77. The average Bonchev–Trinajstić information content (AvgIpc) is 2.27. The molecular formula is C13H17BrFNO2. The van der Waals surface area contributed by atoms with Gasteiger partial charge in [0.2, 0.25) is 0 Å². The van der Waals surface area contributed by atoms with Crippen LogP contribution in [0.15, 0.2) is 22.7 Å². The van der Waals surface area contributed by atoms with E-state index in [0.717, 1.165) is 0 Å². The molecule has 1 rings (SSSR count). The second-order valence-electron chi connectivity index (χ2n) is 4.46. The van der Waals surface area contributed by atoms with E-state index in [-0.39, 0.29) is 24.4 Å². The molecule has 0 aliphatic heterocycles. The van der Waals surface area contributed by atoms with E-state index in [1.165, 1.54) is 18.2 Å². The summed E-state index contributed by atoms with van der Waals surface area (Å²) in [6.45, 7) is 5.92. The highest BCUT2D eigenvalue weighted by Gasteiger charge is 2.11. The third-order valence-electron chi connectivity index (χ3n) is 2.64. The Balaban J connectivity index is 2.47. The van der Waals surface area contributed by atoms with Crippen molar-refractivity contribution in [2.45, 2.75) is 26.8 Å². The van der Waals surface area contributed by atoms with Gasteiger partial charge < -0.3 is 10.1 Å². The van der Waals surface area contributed by atoms with E-state index in [1.807, 2.05) is 20.8 Å². The van der Waals surface area contributed by atoms with Crippen molar-refractivity contribution in [3.8, 4) is 5.75 Å². The quantitative estimate of drug-likeness (QED) is 0.906. The van der Waals surface area contributed by atoms with Crippen LogP contribution in [-0.2, 0) is 4.79 Å². The van der Waals surface area contributed by atoms with Gasteiger partial charge >= 0.3 is 0 Å². The highest BCUT2D eigenvalue weighted by Crippen LogP contribution is 2.25. The van der Waals surface area contributed by atoms with Crippen molar-refractivity contribution in [1.29, 1.82) is 0 Å². The van der Waals surface area contributed by atoms with Gasteiger partial charge in [0.15, 0.2) is 6.61 Å². The Labute approximate surface area is 115 Å². The van der Waals surface area contributed by atoms with Gasteiger partial charge in [-0.3, -0.25) is 4.79 Å². The minimum Gasteiger partial charge on any atom is -0.483 e. The van der Waals surface area contributed by atoms with E-state index in [2.05, 4.69) is 21.2 Å². The maximum Gasteiger partial charge on any atom is 0.258 e. The molecule has 0 fully saturated rings. The summed E-state index contributed by atoms with van der Waals surface area (Å²) in [5.74, 6) is 0.273. The van der Waals surface area contributed by atoms with Gasteiger partial charge in [-0.15, -0.1) is 0 Å². The Morgan fingerprint density at radius 3 is 2.67 bits per heavy atom. The molecule has 0 radical (unpaired) electrons. The molecule has 0 saturated heterocycles. The van der Waals surface area contributed by atoms with Crippen LogP contribution >= 0.6 is 15.9 Å². The van der Waals surface area contributed by atoms with Crippen LogP contribution in [-0.4, -0.2) is 18.6 Å². The number of hydrogen-bond donors (Lipinski definition) is 1.